The standard InChI is InChI=1S/C17H31N5O/c1-17(2,9-7-10-21(3)4)18-16(23)14-12-13(19-20-14)15-8-6-11-22(15)5/h12,15H,6-11H2,1-5H3,(H,18,23)(H,19,20). The molecule has 2 rings (SSSR count). The van der Waals surface area contributed by atoms with Crippen LogP contribution in [-0.2, 0) is 0 Å². The maximum absolute atomic E-state index is 12.4. The van der Waals surface area contributed by atoms with Crippen LogP contribution in [-0.4, -0.2) is 65.7 Å². The van der Waals surface area contributed by atoms with Gasteiger partial charge in [0.05, 0.1) is 11.7 Å². The number of nitrogens with one attached hydrogen (secondary N) is 2. The molecule has 6 heteroatoms. The Kier molecular flexibility index (Phi) is 5.81. The lowest BCUT2D eigenvalue weighted by Crippen LogP contribution is -2.43. The second-order valence-corrected chi connectivity index (χ2v) is 7.59. The van der Waals surface area contributed by atoms with Crippen LogP contribution < -0.4 is 5.32 Å². The molecule has 0 bridgehead atoms. The van der Waals surface area contributed by atoms with E-state index in [1.54, 1.807) is 0 Å². The first-order chi connectivity index (χ1) is 10.8. The molecule has 0 spiro atoms. The molecule has 0 aliphatic carbocycles. The zero-order valence-electron chi connectivity index (χ0n) is 15.1. The van der Waals surface area contributed by atoms with Crippen LogP contribution in [0.15, 0.2) is 6.07 Å². The van der Waals surface area contributed by atoms with E-state index >= 15 is 0 Å². The number of aromatic amines is 1. The number of likely N-dealkylation sites (tertiary alicyclic amines) is 1. The summed E-state index contributed by atoms with van der Waals surface area (Å²) < 4.78 is 0. The normalized spacial score (nSPS) is 19.5. The Morgan fingerprint density at radius 2 is 2.26 bits per heavy atom. The number of rotatable bonds is 7. The Labute approximate surface area is 139 Å². The van der Waals surface area contributed by atoms with Crippen molar-refractivity contribution in [3.8, 4) is 0 Å². The summed E-state index contributed by atoms with van der Waals surface area (Å²) >= 11 is 0. The topological polar surface area (TPSA) is 64.3 Å². The third-order valence-corrected chi connectivity index (χ3v) is 4.57. The maximum atomic E-state index is 12.4. The monoisotopic (exact) mass is 321 g/mol. The molecule has 0 aromatic carbocycles. The highest BCUT2D eigenvalue weighted by molar-refractivity contribution is 5.92. The third kappa shape index (κ3) is 5.04. The van der Waals surface area contributed by atoms with E-state index < -0.39 is 0 Å². The predicted molar refractivity (Wildman–Crippen MR) is 92.5 cm³/mol. The number of carbonyl (C=O) groups is 1. The van der Waals surface area contributed by atoms with Crippen LogP contribution in [0.1, 0.15) is 61.8 Å². The molecule has 1 fully saturated rings. The van der Waals surface area contributed by atoms with Crippen molar-refractivity contribution in [2.75, 3.05) is 34.2 Å². The van der Waals surface area contributed by atoms with E-state index in [1.807, 2.05) is 6.07 Å². The van der Waals surface area contributed by atoms with Crippen molar-refractivity contribution in [1.82, 2.24) is 25.3 Å². The highest BCUT2D eigenvalue weighted by Gasteiger charge is 2.27. The van der Waals surface area contributed by atoms with Gasteiger partial charge < -0.3 is 10.2 Å². The van der Waals surface area contributed by atoms with E-state index in [9.17, 15) is 4.79 Å². The summed E-state index contributed by atoms with van der Waals surface area (Å²) in [5.41, 5.74) is 1.30. The molecule has 23 heavy (non-hydrogen) atoms. The first-order valence-corrected chi connectivity index (χ1v) is 8.51. The van der Waals surface area contributed by atoms with Gasteiger partial charge in [0, 0.05) is 5.54 Å². The number of hydrogen-bond acceptors (Lipinski definition) is 4. The van der Waals surface area contributed by atoms with Gasteiger partial charge in [-0.15, -0.1) is 0 Å². The fourth-order valence-electron chi connectivity index (χ4n) is 3.20. The Bertz CT molecular complexity index is 523. The lowest BCUT2D eigenvalue weighted by Gasteiger charge is -2.26. The Morgan fingerprint density at radius 3 is 2.87 bits per heavy atom. The van der Waals surface area contributed by atoms with Crippen LogP contribution in [0, 0.1) is 0 Å². The number of hydrogen-bond donors (Lipinski definition) is 2. The van der Waals surface area contributed by atoms with Gasteiger partial charge in [0.15, 0.2) is 0 Å². The first kappa shape index (κ1) is 17.9. The van der Waals surface area contributed by atoms with Crippen molar-refractivity contribution in [3.63, 3.8) is 0 Å². The van der Waals surface area contributed by atoms with Crippen LogP contribution in [0.2, 0.25) is 0 Å². The molecule has 1 aromatic rings. The minimum Gasteiger partial charge on any atom is -0.346 e. The summed E-state index contributed by atoms with van der Waals surface area (Å²) in [6.45, 7) is 6.27. The molecule has 0 saturated carbocycles. The van der Waals surface area contributed by atoms with Crippen molar-refractivity contribution in [1.29, 1.82) is 0 Å². The zero-order chi connectivity index (χ0) is 17.0. The molecule has 1 aromatic heterocycles. The van der Waals surface area contributed by atoms with Crippen LogP contribution in [0.4, 0.5) is 0 Å². The predicted octanol–water partition coefficient (Wildman–Crippen LogP) is 2.03. The van der Waals surface area contributed by atoms with E-state index in [2.05, 4.69) is 60.3 Å². The van der Waals surface area contributed by atoms with E-state index in [-0.39, 0.29) is 11.4 Å². The summed E-state index contributed by atoms with van der Waals surface area (Å²) in [6, 6.07) is 2.26. The van der Waals surface area contributed by atoms with Crippen LogP contribution in [0.25, 0.3) is 0 Å². The van der Waals surface area contributed by atoms with E-state index in [0.29, 0.717) is 11.7 Å². The molecule has 2 N–H and O–H groups in total. The molecule has 6 nitrogen and oxygen atoms in total. The molecule has 0 radical (unpaired) electrons. The van der Waals surface area contributed by atoms with Gasteiger partial charge in [-0.1, -0.05) is 0 Å². The van der Waals surface area contributed by atoms with Crippen LogP contribution in [0.5, 0.6) is 0 Å². The van der Waals surface area contributed by atoms with Gasteiger partial charge in [-0.05, 0) is 79.8 Å². The molecule has 1 atom stereocenters. The molecule has 1 saturated heterocycles. The molecule has 2 heterocycles. The second kappa shape index (κ2) is 7.45. The van der Waals surface area contributed by atoms with Crippen LogP contribution in [0.3, 0.4) is 0 Å². The Balaban J connectivity index is 1.91. The minimum atomic E-state index is -0.226. The van der Waals surface area contributed by atoms with Crippen molar-refractivity contribution >= 4 is 5.91 Å². The first-order valence-electron chi connectivity index (χ1n) is 8.51. The third-order valence-electron chi connectivity index (χ3n) is 4.57. The smallest absolute Gasteiger partial charge is 0.272 e. The average molecular weight is 321 g/mol. The summed E-state index contributed by atoms with van der Waals surface area (Å²) in [7, 11) is 6.25. The Morgan fingerprint density at radius 1 is 1.52 bits per heavy atom. The van der Waals surface area contributed by atoms with Crippen molar-refractivity contribution in [3.05, 3.63) is 17.5 Å². The molecule has 1 unspecified atom stereocenters. The number of H-pyrrole nitrogens is 1. The van der Waals surface area contributed by atoms with Gasteiger partial charge in [-0.25, -0.2) is 0 Å². The summed E-state index contributed by atoms with van der Waals surface area (Å²) in [4.78, 5) is 16.9. The highest BCUT2D eigenvalue weighted by Crippen LogP contribution is 2.29. The van der Waals surface area contributed by atoms with Crippen molar-refractivity contribution < 1.29 is 4.79 Å². The SMILES string of the molecule is CN(C)CCCC(C)(C)NC(=O)c1cc(C2CCCN2C)[nH]n1. The maximum Gasteiger partial charge on any atom is 0.272 e. The number of aromatic nitrogens is 2. The fraction of sp³-hybridized carbons (Fsp3) is 0.765. The van der Waals surface area contributed by atoms with Gasteiger partial charge in [-0.2, -0.15) is 5.10 Å². The average Bonchev–Trinajstić information content (AvgIpc) is 3.05. The molecular formula is C17H31N5O. The number of carbonyl (C=O) groups excluding carboxylic acids is 1. The molecular weight excluding hydrogens is 290 g/mol. The molecule has 1 aliphatic heterocycles. The van der Waals surface area contributed by atoms with Crippen molar-refractivity contribution in [2.45, 2.75) is 51.1 Å². The van der Waals surface area contributed by atoms with Crippen LogP contribution >= 0.6 is 0 Å². The molecule has 1 aliphatic rings. The van der Waals surface area contributed by atoms with E-state index in [4.69, 9.17) is 0 Å². The molecule has 130 valence electrons. The quantitative estimate of drug-likeness (QED) is 0.806. The largest absolute Gasteiger partial charge is 0.346 e. The Hall–Kier alpha value is -1.40. The summed E-state index contributed by atoms with van der Waals surface area (Å²) in [6.07, 6.45) is 4.31. The second-order valence-electron chi connectivity index (χ2n) is 7.59. The summed E-state index contributed by atoms with van der Waals surface area (Å²) in [5.74, 6) is -0.0944. The van der Waals surface area contributed by atoms with E-state index in [0.717, 1.165) is 38.0 Å². The lowest BCUT2D eigenvalue weighted by atomic mass is 9.98. The van der Waals surface area contributed by atoms with Gasteiger partial charge in [0.1, 0.15) is 5.69 Å². The van der Waals surface area contributed by atoms with Crippen molar-refractivity contribution in [2.24, 2.45) is 0 Å². The number of nitrogens with zero attached hydrogens (tertiary/aromatic N) is 3. The molecule has 1 amide bonds. The van der Waals surface area contributed by atoms with Gasteiger partial charge in [-0.3, -0.25) is 14.8 Å². The van der Waals surface area contributed by atoms with Gasteiger partial charge in [0.2, 0.25) is 0 Å². The number of amides is 1. The van der Waals surface area contributed by atoms with Gasteiger partial charge in [0.25, 0.3) is 5.91 Å². The van der Waals surface area contributed by atoms with Gasteiger partial charge >= 0.3 is 0 Å². The minimum absolute atomic E-state index is 0.0944. The summed E-state index contributed by atoms with van der Waals surface area (Å²) in [5, 5.41) is 10.4. The zero-order valence-corrected chi connectivity index (χ0v) is 15.1. The lowest BCUT2D eigenvalue weighted by molar-refractivity contribution is 0.0902. The van der Waals surface area contributed by atoms with E-state index in [1.165, 1.54) is 6.42 Å². The fourth-order valence-corrected chi connectivity index (χ4v) is 3.20. The highest BCUT2D eigenvalue weighted by atomic mass is 16.2.